The maximum Gasteiger partial charge on any atom is 0.316 e. The molecule has 0 saturated heterocycles. The van der Waals surface area contributed by atoms with Gasteiger partial charge in [-0.2, -0.15) is 5.10 Å². The van der Waals surface area contributed by atoms with E-state index in [0.29, 0.717) is 27.8 Å². The SMILES string of the molecule is CCOC(=O)CSc1nn2c(C)cc(C)cc2c1C(=O)c1ccc(Cl)cc1. The largest absolute Gasteiger partial charge is 0.465 e. The number of aryl methyl sites for hydroxylation is 2. The number of carbonyl (C=O) groups is 2. The molecule has 5 nitrogen and oxygen atoms in total. The molecule has 0 aliphatic carbocycles. The second-order valence-electron chi connectivity index (χ2n) is 6.08. The molecule has 0 atom stereocenters. The van der Waals surface area contributed by atoms with Gasteiger partial charge < -0.3 is 4.74 Å². The van der Waals surface area contributed by atoms with Crippen LogP contribution in [0, 0.1) is 13.8 Å². The van der Waals surface area contributed by atoms with Gasteiger partial charge >= 0.3 is 5.97 Å². The van der Waals surface area contributed by atoms with Gasteiger partial charge in [-0.3, -0.25) is 9.59 Å². The molecule has 140 valence electrons. The molecule has 0 aliphatic rings. The molecular formula is C20H19ClN2O3S. The lowest BCUT2D eigenvalue weighted by Crippen LogP contribution is -2.08. The molecule has 3 aromatic rings. The standard InChI is InChI=1S/C20H19ClN2O3S/c1-4-26-17(24)11-27-20-18(19(25)14-5-7-15(21)8-6-14)16-10-12(2)9-13(3)23(16)22-20/h5-10H,4,11H2,1-3H3. The van der Waals surface area contributed by atoms with Crippen molar-refractivity contribution >= 4 is 40.6 Å². The molecule has 0 aliphatic heterocycles. The lowest BCUT2D eigenvalue weighted by Gasteiger charge is -2.05. The number of thioether (sulfide) groups is 1. The number of fused-ring (bicyclic) bond motifs is 1. The number of carbonyl (C=O) groups excluding carboxylic acids is 2. The Morgan fingerprint density at radius 2 is 1.89 bits per heavy atom. The van der Waals surface area contributed by atoms with Crippen LogP contribution < -0.4 is 0 Å². The number of halogens is 1. The number of nitrogens with zero attached hydrogens (tertiary/aromatic N) is 2. The number of ketones is 1. The summed E-state index contributed by atoms with van der Waals surface area (Å²) in [5.41, 5.74) is 3.67. The van der Waals surface area contributed by atoms with Crippen molar-refractivity contribution in [2.75, 3.05) is 12.4 Å². The van der Waals surface area contributed by atoms with E-state index in [1.807, 2.05) is 26.0 Å². The monoisotopic (exact) mass is 402 g/mol. The predicted octanol–water partition coefficient (Wildman–Crippen LogP) is 4.49. The highest BCUT2D eigenvalue weighted by molar-refractivity contribution is 8.00. The number of aromatic nitrogens is 2. The summed E-state index contributed by atoms with van der Waals surface area (Å²) in [7, 11) is 0. The van der Waals surface area contributed by atoms with E-state index < -0.39 is 0 Å². The van der Waals surface area contributed by atoms with E-state index in [4.69, 9.17) is 16.3 Å². The normalized spacial score (nSPS) is 11.0. The molecule has 27 heavy (non-hydrogen) atoms. The molecule has 0 N–H and O–H groups in total. The third kappa shape index (κ3) is 4.17. The van der Waals surface area contributed by atoms with Crippen molar-refractivity contribution in [3.63, 3.8) is 0 Å². The van der Waals surface area contributed by atoms with Crippen molar-refractivity contribution in [3.8, 4) is 0 Å². The zero-order chi connectivity index (χ0) is 19.6. The maximum atomic E-state index is 13.2. The Labute approximate surface area is 166 Å². The summed E-state index contributed by atoms with van der Waals surface area (Å²) in [6.07, 6.45) is 0. The van der Waals surface area contributed by atoms with Crippen molar-refractivity contribution in [2.24, 2.45) is 0 Å². The first kappa shape index (κ1) is 19.5. The molecule has 3 rings (SSSR count). The number of hydrogen-bond donors (Lipinski definition) is 0. The van der Waals surface area contributed by atoms with E-state index >= 15 is 0 Å². The molecular weight excluding hydrogens is 384 g/mol. The summed E-state index contributed by atoms with van der Waals surface area (Å²) in [6, 6.07) is 10.7. The quantitative estimate of drug-likeness (QED) is 0.345. The highest BCUT2D eigenvalue weighted by Crippen LogP contribution is 2.29. The van der Waals surface area contributed by atoms with Gasteiger partial charge in [-0.25, -0.2) is 4.52 Å². The van der Waals surface area contributed by atoms with Crippen LogP contribution in [0.15, 0.2) is 41.4 Å². The highest BCUT2D eigenvalue weighted by Gasteiger charge is 2.23. The minimum Gasteiger partial charge on any atom is -0.465 e. The van der Waals surface area contributed by atoms with Gasteiger partial charge in [0.05, 0.1) is 23.4 Å². The molecule has 2 aromatic heterocycles. The fraction of sp³-hybridized carbons (Fsp3) is 0.250. The van der Waals surface area contributed by atoms with E-state index in [0.717, 1.165) is 16.8 Å². The Morgan fingerprint density at radius 1 is 1.19 bits per heavy atom. The summed E-state index contributed by atoms with van der Waals surface area (Å²) in [6.45, 7) is 5.99. The van der Waals surface area contributed by atoms with Gasteiger partial charge in [0.15, 0.2) is 5.78 Å². The Balaban J connectivity index is 2.09. The van der Waals surface area contributed by atoms with Gasteiger partial charge in [-0.15, -0.1) is 0 Å². The third-order valence-electron chi connectivity index (χ3n) is 3.99. The molecule has 0 amide bonds. The van der Waals surface area contributed by atoms with Gasteiger partial charge in [0, 0.05) is 16.3 Å². The molecule has 0 radical (unpaired) electrons. The van der Waals surface area contributed by atoms with Crippen molar-refractivity contribution in [1.82, 2.24) is 9.61 Å². The Hall–Kier alpha value is -2.31. The van der Waals surface area contributed by atoms with Crippen LogP contribution in [0.25, 0.3) is 5.52 Å². The maximum absolute atomic E-state index is 13.2. The van der Waals surface area contributed by atoms with Crippen molar-refractivity contribution in [1.29, 1.82) is 0 Å². The topological polar surface area (TPSA) is 60.7 Å². The number of ether oxygens (including phenoxy) is 1. The first-order chi connectivity index (χ1) is 12.9. The number of benzene rings is 1. The molecule has 0 bridgehead atoms. The molecule has 7 heteroatoms. The molecule has 0 fully saturated rings. The van der Waals surface area contributed by atoms with Crippen LogP contribution in [0.4, 0.5) is 0 Å². The van der Waals surface area contributed by atoms with Crippen LogP contribution in [-0.4, -0.2) is 33.7 Å². The van der Waals surface area contributed by atoms with Crippen molar-refractivity contribution in [3.05, 3.63) is 63.8 Å². The number of pyridine rings is 1. The van der Waals surface area contributed by atoms with Gasteiger partial charge in [-0.05, 0) is 62.7 Å². The van der Waals surface area contributed by atoms with E-state index in [9.17, 15) is 9.59 Å². The Morgan fingerprint density at radius 3 is 2.56 bits per heavy atom. The summed E-state index contributed by atoms with van der Waals surface area (Å²) in [5.74, 6) is -0.396. The summed E-state index contributed by atoms with van der Waals surface area (Å²) >= 11 is 7.15. The van der Waals surface area contributed by atoms with E-state index in [1.54, 1.807) is 35.7 Å². The Bertz CT molecular complexity index is 1010. The van der Waals surface area contributed by atoms with Gasteiger partial charge in [-0.1, -0.05) is 23.4 Å². The van der Waals surface area contributed by atoms with Crippen LogP contribution in [0.5, 0.6) is 0 Å². The van der Waals surface area contributed by atoms with Gasteiger partial charge in [0.25, 0.3) is 0 Å². The number of rotatable bonds is 6. The minimum atomic E-state index is -0.336. The van der Waals surface area contributed by atoms with Crippen LogP contribution in [-0.2, 0) is 9.53 Å². The second-order valence-corrected chi connectivity index (χ2v) is 7.48. The Kier molecular flexibility index (Phi) is 5.87. The lowest BCUT2D eigenvalue weighted by molar-refractivity contribution is -0.139. The second kappa shape index (κ2) is 8.15. The number of esters is 1. The zero-order valence-electron chi connectivity index (χ0n) is 15.3. The van der Waals surface area contributed by atoms with E-state index in [2.05, 4.69) is 5.10 Å². The zero-order valence-corrected chi connectivity index (χ0v) is 16.9. The van der Waals surface area contributed by atoms with Crippen LogP contribution in [0.1, 0.15) is 34.1 Å². The fourth-order valence-corrected chi connectivity index (χ4v) is 3.80. The molecule has 0 spiro atoms. The minimum absolute atomic E-state index is 0.0939. The first-order valence-corrected chi connectivity index (χ1v) is 9.85. The summed E-state index contributed by atoms with van der Waals surface area (Å²) < 4.78 is 6.72. The number of hydrogen-bond acceptors (Lipinski definition) is 5. The molecule has 1 aromatic carbocycles. The van der Waals surface area contributed by atoms with E-state index in [-0.39, 0.29) is 17.5 Å². The molecule has 0 saturated carbocycles. The van der Waals surface area contributed by atoms with Crippen LogP contribution in [0.3, 0.4) is 0 Å². The third-order valence-corrected chi connectivity index (χ3v) is 5.18. The van der Waals surface area contributed by atoms with Crippen molar-refractivity contribution in [2.45, 2.75) is 25.8 Å². The fourth-order valence-electron chi connectivity index (χ4n) is 2.85. The lowest BCUT2D eigenvalue weighted by atomic mass is 10.0. The van der Waals surface area contributed by atoms with Crippen LogP contribution in [0.2, 0.25) is 5.02 Å². The summed E-state index contributed by atoms with van der Waals surface area (Å²) in [5, 5.41) is 5.65. The van der Waals surface area contributed by atoms with Gasteiger partial charge in [0.2, 0.25) is 0 Å². The predicted molar refractivity (Wildman–Crippen MR) is 107 cm³/mol. The first-order valence-electron chi connectivity index (χ1n) is 8.49. The average Bonchev–Trinajstić information content (AvgIpc) is 2.99. The van der Waals surface area contributed by atoms with Gasteiger partial charge in [0.1, 0.15) is 5.03 Å². The van der Waals surface area contributed by atoms with Crippen molar-refractivity contribution < 1.29 is 14.3 Å². The molecule has 0 unspecified atom stereocenters. The summed E-state index contributed by atoms with van der Waals surface area (Å²) in [4.78, 5) is 25.0. The molecule has 2 heterocycles. The smallest absolute Gasteiger partial charge is 0.316 e. The highest BCUT2D eigenvalue weighted by atomic mass is 35.5. The van der Waals surface area contributed by atoms with E-state index in [1.165, 1.54) is 11.8 Å². The average molecular weight is 403 g/mol. The van der Waals surface area contributed by atoms with Crippen LogP contribution >= 0.6 is 23.4 Å².